The van der Waals surface area contributed by atoms with Crippen LogP contribution in [0.1, 0.15) is 32.0 Å². The Morgan fingerprint density at radius 3 is 2.89 bits per heavy atom. The first-order valence-corrected chi connectivity index (χ1v) is 9.37. The molecule has 1 aromatic carbocycles. The number of hydrogen-bond acceptors (Lipinski definition) is 5. The maximum absolute atomic E-state index is 13.1. The lowest BCUT2D eigenvalue weighted by Gasteiger charge is -2.38. The van der Waals surface area contributed by atoms with Crippen molar-refractivity contribution >= 4 is 5.91 Å². The van der Waals surface area contributed by atoms with E-state index in [2.05, 4.69) is 22.0 Å². The van der Waals surface area contributed by atoms with Gasteiger partial charge in [-0.25, -0.2) is 9.37 Å². The van der Waals surface area contributed by atoms with Crippen molar-refractivity contribution in [3.05, 3.63) is 54.6 Å². The Hall–Kier alpha value is -3.03. The summed E-state index contributed by atoms with van der Waals surface area (Å²) in [5.74, 6) is 0.744. The number of halogens is 1. The van der Waals surface area contributed by atoms with Gasteiger partial charge in [0.25, 0.3) is 5.89 Å². The average molecular weight is 383 g/mol. The topological polar surface area (TPSA) is 77.0 Å². The number of carbonyl (C=O) groups excluding carboxylic acids is 1. The predicted octanol–water partition coefficient (Wildman–Crippen LogP) is 3.04. The van der Waals surface area contributed by atoms with Crippen LogP contribution in [0.15, 0.2) is 47.5 Å². The number of imidazole rings is 1. The van der Waals surface area contributed by atoms with Gasteiger partial charge in [0.05, 0.1) is 6.33 Å². The molecular weight excluding hydrogens is 361 g/mol. The highest BCUT2D eigenvalue weighted by Gasteiger charge is 2.38. The van der Waals surface area contributed by atoms with Crippen LogP contribution in [0, 0.1) is 5.82 Å². The van der Waals surface area contributed by atoms with Gasteiger partial charge in [0, 0.05) is 49.4 Å². The third kappa shape index (κ3) is 3.81. The van der Waals surface area contributed by atoms with E-state index in [1.165, 1.54) is 12.1 Å². The first-order valence-electron chi connectivity index (χ1n) is 9.37. The molecular formula is C20H22FN5O2. The fourth-order valence-electron chi connectivity index (χ4n) is 3.62. The summed E-state index contributed by atoms with van der Waals surface area (Å²) in [5, 5.41) is 4.16. The highest BCUT2D eigenvalue weighted by Crippen LogP contribution is 2.33. The van der Waals surface area contributed by atoms with E-state index in [0.29, 0.717) is 36.8 Å². The second kappa shape index (κ2) is 7.53. The Kier molecular flexibility index (Phi) is 4.93. The summed E-state index contributed by atoms with van der Waals surface area (Å²) >= 11 is 0. The minimum Gasteiger partial charge on any atom is -0.342 e. The Labute approximate surface area is 162 Å². The summed E-state index contributed by atoms with van der Waals surface area (Å²) in [5.41, 5.74) is 0.304. The van der Waals surface area contributed by atoms with Crippen molar-refractivity contribution in [2.24, 2.45) is 0 Å². The van der Waals surface area contributed by atoms with Crippen molar-refractivity contribution in [3.8, 4) is 11.5 Å². The molecule has 3 aromatic rings. The molecule has 7 nitrogen and oxygen atoms in total. The van der Waals surface area contributed by atoms with Crippen LogP contribution in [0.2, 0.25) is 0 Å². The van der Waals surface area contributed by atoms with E-state index in [1.54, 1.807) is 24.7 Å². The second-order valence-corrected chi connectivity index (χ2v) is 7.46. The van der Waals surface area contributed by atoms with E-state index < -0.39 is 0 Å². The summed E-state index contributed by atoms with van der Waals surface area (Å²) in [6.45, 7) is 3.96. The first kappa shape index (κ1) is 18.3. The zero-order chi connectivity index (χ0) is 19.6. The van der Waals surface area contributed by atoms with E-state index in [9.17, 15) is 9.18 Å². The van der Waals surface area contributed by atoms with Gasteiger partial charge in [0.1, 0.15) is 5.82 Å². The van der Waals surface area contributed by atoms with E-state index >= 15 is 0 Å². The van der Waals surface area contributed by atoms with Crippen molar-refractivity contribution in [1.82, 2.24) is 24.6 Å². The fraction of sp³-hybridized carbons (Fsp3) is 0.400. The lowest BCUT2D eigenvalue weighted by Crippen LogP contribution is -2.47. The van der Waals surface area contributed by atoms with Gasteiger partial charge in [-0.1, -0.05) is 12.1 Å². The standard InChI is InChI=1S/C20H22FN5O2/c1-20(19-23-18(28-24-19)15-3-5-16(21)6-4-15)8-2-10-26(13-20)17(27)7-11-25-12-9-22-14-25/h3-6,9,12,14H,2,7-8,10-11,13H2,1H3. The highest BCUT2D eigenvalue weighted by molar-refractivity contribution is 5.76. The monoisotopic (exact) mass is 383 g/mol. The van der Waals surface area contributed by atoms with Gasteiger partial charge < -0.3 is 14.0 Å². The highest BCUT2D eigenvalue weighted by atomic mass is 19.1. The molecule has 0 radical (unpaired) electrons. The molecule has 1 fully saturated rings. The van der Waals surface area contributed by atoms with E-state index in [1.807, 2.05) is 15.7 Å². The summed E-state index contributed by atoms with van der Waals surface area (Å²) in [7, 11) is 0. The molecule has 0 bridgehead atoms. The number of nitrogens with zero attached hydrogens (tertiary/aromatic N) is 5. The first-order chi connectivity index (χ1) is 13.5. The Morgan fingerprint density at radius 2 is 2.14 bits per heavy atom. The molecule has 2 aromatic heterocycles. The quantitative estimate of drug-likeness (QED) is 0.677. The van der Waals surface area contributed by atoms with Gasteiger partial charge in [0.2, 0.25) is 5.91 Å². The number of amides is 1. The van der Waals surface area contributed by atoms with Gasteiger partial charge in [0.15, 0.2) is 5.82 Å². The van der Waals surface area contributed by atoms with Crippen LogP contribution in [-0.4, -0.2) is 43.6 Å². The zero-order valence-electron chi connectivity index (χ0n) is 15.7. The molecule has 4 rings (SSSR count). The van der Waals surface area contributed by atoms with Crippen LogP contribution in [0.4, 0.5) is 4.39 Å². The molecule has 1 atom stereocenters. The number of benzene rings is 1. The van der Waals surface area contributed by atoms with Gasteiger partial charge in [-0.3, -0.25) is 4.79 Å². The molecule has 0 spiro atoms. The van der Waals surface area contributed by atoms with E-state index in [-0.39, 0.29) is 17.1 Å². The van der Waals surface area contributed by atoms with Crippen molar-refractivity contribution in [2.75, 3.05) is 13.1 Å². The largest absolute Gasteiger partial charge is 0.342 e. The zero-order valence-corrected chi connectivity index (χ0v) is 15.7. The molecule has 0 aliphatic carbocycles. The number of rotatable bonds is 5. The van der Waals surface area contributed by atoms with Crippen LogP contribution >= 0.6 is 0 Å². The number of hydrogen-bond donors (Lipinski definition) is 0. The van der Waals surface area contributed by atoms with E-state index in [0.717, 1.165) is 19.4 Å². The lowest BCUT2D eigenvalue weighted by atomic mass is 9.81. The predicted molar refractivity (Wildman–Crippen MR) is 99.7 cm³/mol. The van der Waals surface area contributed by atoms with Crippen LogP contribution in [-0.2, 0) is 16.8 Å². The molecule has 1 amide bonds. The molecule has 146 valence electrons. The maximum atomic E-state index is 13.1. The molecule has 1 saturated heterocycles. The molecule has 3 heterocycles. The molecule has 0 N–H and O–H groups in total. The van der Waals surface area contributed by atoms with Gasteiger partial charge in [-0.2, -0.15) is 4.98 Å². The van der Waals surface area contributed by atoms with Gasteiger partial charge >= 0.3 is 0 Å². The number of carbonyl (C=O) groups is 1. The maximum Gasteiger partial charge on any atom is 0.257 e. The third-order valence-electron chi connectivity index (χ3n) is 5.25. The molecule has 1 aliphatic heterocycles. The number of piperidine rings is 1. The number of aryl methyl sites for hydroxylation is 1. The summed E-state index contributed by atoms with van der Waals surface area (Å²) < 4.78 is 20.4. The SMILES string of the molecule is CC1(c2noc(-c3ccc(F)cc3)n2)CCCN(C(=O)CCn2ccnc2)C1. The number of aromatic nitrogens is 4. The Morgan fingerprint density at radius 1 is 1.32 bits per heavy atom. The van der Waals surface area contributed by atoms with Crippen molar-refractivity contribution in [1.29, 1.82) is 0 Å². The summed E-state index contributed by atoms with van der Waals surface area (Å²) in [6, 6.07) is 5.95. The van der Waals surface area contributed by atoms with Crippen LogP contribution in [0.25, 0.3) is 11.5 Å². The molecule has 28 heavy (non-hydrogen) atoms. The van der Waals surface area contributed by atoms with Gasteiger partial charge in [-0.15, -0.1) is 0 Å². The van der Waals surface area contributed by atoms with Crippen molar-refractivity contribution < 1.29 is 13.7 Å². The van der Waals surface area contributed by atoms with Crippen LogP contribution < -0.4 is 0 Å². The minimum atomic E-state index is -0.370. The van der Waals surface area contributed by atoms with Crippen molar-refractivity contribution in [2.45, 2.75) is 38.1 Å². The number of likely N-dealkylation sites (tertiary alicyclic amines) is 1. The minimum absolute atomic E-state index is 0.113. The Balaban J connectivity index is 1.45. The third-order valence-corrected chi connectivity index (χ3v) is 5.25. The van der Waals surface area contributed by atoms with Crippen LogP contribution in [0.5, 0.6) is 0 Å². The Bertz CT molecular complexity index is 938. The van der Waals surface area contributed by atoms with E-state index in [4.69, 9.17) is 4.52 Å². The normalized spacial score (nSPS) is 19.7. The fourth-order valence-corrected chi connectivity index (χ4v) is 3.62. The molecule has 1 aliphatic rings. The molecule has 0 saturated carbocycles. The van der Waals surface area contributed by atoms with Crippen LogP contribution in [0.3, 0.4) is 0 Å². The lowest BCUT2D eigenvalue weighted by molar-refractivity contribution is -0.133. The molecule has 8 heteroatoms. The smallest absolute Gasteiger partial charge is 0.257 e. The average Bonchev–Trinajstić information content (AvgIpc) is 3.39. The van der Waals surface area contributed by atoms with Gasteiger partial charge in [-0.05, 0) is 37.1 Å². The summed E-state index contributed by atoms with van der Waals surface area (Å²) in [6.07, 6.45) is 7.46. The molecule has 1 unspecified atom stereocenters. The van der Waals surface area contributed by atoms with Crippen molar-refractivity contribution in [3.63, 3.8) is 0 Å². The second-order valence-electron chi connectivity index (χ2n) is 7.46. The summed E-state index contributed by atoms with van der Waals surface area (Å²) in [4.78, 5) is 23.1.